The molecule has 0 saturated carbocycles. The zero-order valence-electron chi connectivity index (χ0n) is 12.1. The molecule has 0 bridgehead atoms. The lowest BCUT2D eigenvalue weighted by atomic mass is 10.1. The van der Waals surface area contributed by atoms with Gasteiger partial charge in [-0.3, -0.25) is 4.79 Å². The number of carbonyl (C=O) groups is 1. The Kier molecular flexibility index (Phi) is 5.11. The summed E-state index contributed by atoms with van der Waals surface area (Å²) in [5, 5.41) is 0. The molecule has 21 heavy (non-hydrogen) atoms. The third-order valence-electron chi connectivity index (χ3n) is 3.08. The fourth-order valence-corrected chi connectivity index (χ4v) is 2.28. The highest BCUT2D eigenvalue weighted by atomic mass is 32.1. The number of pyridine rings is 1. The standard InChI is InChI=1S/C16H18N2O2S/c1-3-20-14-9-5-4-7-12(14)11-18(2)16(19)13-8-6-10-17-15(13)21/h4-10H,3,11H2,1-2H3,(H,17,21). The van der Waals surface area contributed by atoms with Crippen molar-refractivity contribution in [3.05, 3.63) is 58.4 Å². The van der Waals surface area contributed by atoms with Crippen LogP contribution in [0.1, 0.15) is 22.8 Å². The monoisotopic (exact) mass is 302 g/mol. The first-order chi connectivity index (χ1) is 10.1. The van der Waals surface area contributed by atoms with E-state index in [2.05, 4.69) is 4.98 Å². The lowest BCUT2D eigenvalue weighted by Crippen LogP contribution is -2.26. The lowest BCUT2D eigenvalue weighted by Gasteiger charge is -2.19. The molecular weight excluding hydrogens is 284 g/mol. The Morgan fingerprint density at radius 1 is 1.29 bits per heavy atom. The van der Waals surface area contributed by atoms with Crippen LogP contribution < -0.4 is 4.74 Å². The molecule has 0 saturated heterocycles. The first-order valence-electron chi connectivity index (χ1n) is 6.77. The first kappa shape index (κ1) is 15.3. The summed E-state index contributed by atoms with van der Waals surface area (Å²) in [5.41, 5.74) is 1.48. The Hall–Kier alpha value is -2.14. The van der Waals surface area contributed by atoms with E-state index in [-0.39, 0.29) is 5.91 Å². The molecule has 0 spiro atoms. The number of hydrogen-bond acceptors (Lipinski definition) is 3. The van der Waals surface area contributed by atoms with E-state index >= 15 is 0 Å². The zero-order valence-corrected chi connectivity index (χ0v) is 12.9. The van der Waals surface area contributed by atoms with E-state index in [1.165, 1.54) is 0 Å². The maximum absolute atomic E-state index is 12.4. The summed E-state index contributed by atoms with van der Waals surface area (Å²) in [6, 6.07) is 11.2. The number of carbonyl (C=O) groups excluding carboxylic acids is 1. The van der Waals surface area contributed by atoms with Crippen LogP contribution >= 0.6 is 12.2 Å². The Morgan fingerprint density at radius 2 is 2.05 bits per heavy atom. The molecule has 0 radical (unpaired) electrons. The number of nitrogens with zero attached hydrogens (tertiary/aromatic N) is 1. The minimum atomic E-state index is -0.108. The number of nitrogens with one attached hydrogen (secondary N) is 1. The number of amides is 1. The number of H-pyrrole nitrogens is 1. The topological polar surface area (TPSA) is 45.3 Å². The number of para-hydroxylation sites is 1. The van der Waals surface area contributed by atoms with Crippen LogP contribution in [0.3, 0.4) is 0 Å². The van der Waals surface area contributed by atoms with Crippen LogP contribution in [0.2, 0.25) is 0 Å². The highest BCUT2D eigenvalue weighted by Gasteiger charge is 2.15. The van der Waals surface area contributed by atoms with Crippen molar-refractivity contribution in [1.82, 2.24) is 9.88 Å². The summed E-state index contributed by atoms with van der Waals surface area (Å²) in [4.78, 5) is 16.9. The minimum absolute atomic E-state index is 0.108. The molecule has 110 valence electrons. The smallest absolute Gasteiger partial charge is 0.256 e. The molecule has 2 aromatic rings. The van der Waals surface area contributed by atoms with Gasteiger partial charge in [-0.1, -0.05) is 30.4 Å². The van der Waals surface area contributed by atoms with Crippen molar-refractivity contribution in [3.8, 4) is 5.75 Å². The van der Waals surface area contributed by atoms with Gasteiger partial charge >= 0.3 is 0 Å². The molecule has 0 fully saturated rings. The van der Waals surface area contributed by atoms with Gasteiger partial charge < -0.3 is 14.6 Å². The largest absolute Gasteiger partial charge is 0.494 e. The Labute approximate surface area is 129 Å². The van der Waals surface area contributed by atoms with Gasteiger partial charge in [0, 0.05) is 25.4 Å². The summed E-state index contributed by atoms with van der Waals surface area (Å²) < 4.78 is 6.03. The number of benzene rings is 1. The molecule has 1 heterocycles. The molecular formula is C16H18N2O2S. The van der Waals surface area contributed by atoms with Crippen LogP contribution in [0.4, 0.5) is 0 Å². The quantitative estimate of drug-likeness (QED) is 0.861. The summed E-state index contributed by atoms with van der Waals surface area (Å²) in [7, 11) is 1.76. The van der Waals surface area contributed by atoms with Gasteiger partial charge in [0.15, 0.2) is 0 Å². The average molecular weight is 302 g/mol. The normalized spacial score (nSPS) is 10.2. The zero-order chi connectivity index (χ0) is 15.2. The van der Waals surface area contributed by atoms with E-state index in [0.717, 1.165) is 11.3 Å². The predicted octanol–water partition coefficient (Wildman–Crippen LogP) is 3.42. The fourth-order valence-electron chi connectivity index (χ4n) is 2.05. The number of aromatic nitrogens is 1. The van der Waals surface area contributed by atoms with Crippen molar-refractivity contribution < 1.29 is 9.53 Å². The third kappa shape index (κ3) is 3.70. The summed E-state index contributed by atoms with van der Waals surface area (Å²) in [6.07, 6.45) is 1.71. The van der Waals surface area contributed by atoms with E-state index in [1.807, 2.05) is 31.2 Å². The number of ether oxygens (including phenoxy) is 1. The van der Waals surface area contributed by atoms with Crippen molar-refractivity contribution >= 4 is 18.1 Å². The van der Waals surface area contributed by atoms with Crippen LogP contribution in [-0.4, -0.2) is 29.4 Å². The lowest BCUT2D eigenvalue weighted by molar-refractivity contribution is 0.0783. The Bertz CT molecular complexity index is 682. The fraction of sp³-hybridized carbons (Fsp3) is 0.250. The molecule has 5 heteroatoms. The van der Waals surface area contributed by atoms with Crippen LogP contribution in [0.5, 0.6) is 5.75 Å². The Balaban J connectivity index is 2.19. The second-order valence-corrected chi connectivity index (χ2v) is 5.02. The van der Waals surface area contributed by atoms with Gasteiger partial charge in [0.05, 0.1) is 12.2 Å². The van der Waals surface area contributed by atoms with Crippen molar-refractivity contribution in [1.29, 1.82) is 0 Å². The van der Waals surface area contributed by atoms with E-state index in [4.69, 9.17) is 17.0 Å². The summed E-state index contributed by atoms with van der Waals surface area (Å²) in [6.45, 7) is 3.01. The molecule has 1 N–H and O–H groups in total. The van der Waals surface area contributed by atoms with Gasteiger partial charge in [-0.2, -0.15) is 0 Å². The molecule has 0 aliphatic rings. The van der Waals surface area contributed by atoms with Crippen LogP contribution in [-0.2, 0) is 6.54 Å². The second kappa shape index (κ2) is 7.04. The molecule has 0 unspecified atom stereocenters. The van der Waals surface area contributed by atoms with E-state index in [1.54, 1.807) is 30.3 Å². The van der Waals surface area contributed by atoms with Crippen LogP contribution in [0.15, 0.2) is 42.6 Å². The molecule has 1 amide bonds. The predicted molar refractivity (Wildman–Crippen MR) is 85.0 cm³/mol. The minimum Gasteiger partial charge on any atom is -0.494 e. The van der Waals surface area contributed by atoms with E-state index < -0.39 is 0 Å². The van der Waals surface area contributed by atoms with E-state index in [9.17, 15) is 4.79 Å². The van der Waals surface area contributed by atoms with Gasteiger partial charge in [-0.05, 0) is 25.1 Å². The van der Waals surface area contributed by atoms with E-state index in [0.29, 0.717) is 23.4 Å². The molecule has 0 aliphatic carbocycles. The molecule has 4 nitrogen and oxygen atoms in total. The molecule has 2 rings (SSSR count). The third-order valence-corrected chi connectivity index (χ3v) is 3.41. The molecule has 0 aliphatic heterocycles. The van der Waals surface area contributed by atoms with Gasteiger partial charge in [0.2, 0.25) is 0 Å². The molecule has 1 aromatic carbocycles. The summed E-state index contributed by atoms with van der Waals surface area (Å²) >= 11 is 5.15. The van der Waals surface area contributed by atoms with Crippen LogP contribution in [0.25, 0.3) is 0 Å². The molecule has 0 atom stereocenters. The average Bonchev–Trinajstić information content (AvgIpc) is 2.49. The van der Waals surface area contributed by atoms with Gasteiger partial charge in [0.1, 0.15) is 10.4 Å². The first-order valence-corrected chi connectivity index (χ1v) is 7.18. The molecule has 1 aromatic heterocycles. The van der Waals surface area contributed by atoms with Gasteiger partial charge in [0.25, 0.3) is 5.91 Å². The number of rotatable bonds is 5. The van der Waals surface area contributed by atoms with Crippen LogP contribution in [0, 0.1) is 4.64 Å². The Morgan fingerprint density at radius 3 is 2.76 bits per heavy atom. The van der Waals surface area contributed by atoms with Crippen molar-refractivity contribution in [2.24, 2.45) is 0 Å². The van der Waals surface area contributed by atoms with Crippen molar-refractivity contribution in [2.75, 3.05) is 13.7 Å². The highest BCUT2D eigenvalue weighted by Crippen LogP contribution is 2.20. The van der Waals surface area contributed by atoms with Crippen molar-refractivity contribution in [3.63, 3.8) is 0 Å². The number of aromatic amines is 1. The van der Waals surface area contributed by atoms with Gasteiger partial charge in [-0.25, -0.2) is 0 Å². The number of hydrogen-bond donors (Lipinski definition) is 1. The SMILES string of the molecule is CCOc1ccccc1CN(C)C(=O)c1ccc[nH]c1=S. The van der Waals surface area contributed by atoms with Gasteiger partial charge in [-0.15, -0.1) is 0 Å². The summed E-state index contributed by atoms with van der Waals surface area (Å²) in [5.74, 6) is 0.695. The highest BCUT2D eigenvalue weighted by molar-refractivity contribution is 7.71. The maximum atomic E-state index is 12.4. The maximum Gasteiger partial charge on any atom is 0.256 e. The second-order valence-electron chi connectivity index (χ2n) is 4.61. The van der Waals surface area contributed by atoms with Crippen molar-refractivity contribution in [2.45, 2.75) is 13.5 Å².